The van der Waals surface area contributed by atoms with Crippen LogP contribution in [-0.4, -0.2) is 29.4 Å². The first-order chi connectivity index (χ1) is 11.5. The van der Waals surface area contributed by atoms with Crippen molar-refractivity contribution < 1.29 is 14.0 Å². The smallest absolute Gasteiger partial charge is 0.242 e. The van der Waals surface area contributed by atoms with Crippen LogP contribution in [0.5, 0.6) is 0 Å². The molecule has 0 aliphatic heterocycles. The van der Waals surface area contributed by atoms with Crippen LogP contribution in [0, 0.1) is 6.92 Å². The number of carbonyl (C=O) groups is 2. The average molecular weight is 329 g/mol. The fourth-order valence-corrected chi connectivity index (χ4v) is 2.20. The second kappa shape index (κ2) is 8.29. The topological polar surface area (TPSA) is 84.2 Å². The molecule has 0 fully saturated rings. The first-order valence-corrected chi connectivity index (χ1v) is 8.08. The predicted octanol–water partition coefficient (Wildman–Crippen LogP) is 2.22. The third kappa shape index (κ3) is 4.94. The summed E-state index contributed by atoms with van der Waals surface area (Å²) < 4.78 is 5.68. The van der Waals surface area contributed by atoms with E-state index in [2.05, 4.69) is 15.6 Å². The van der Waals surface area contributed by atoms with Crippen molar-refractivity contribution in [3.05, 3.63) is 41.9 Å². The lowest BCUT2D eigenvalue weighted by Gasteiger charge is -2.12. The second-order valence-electron chi connectivity index (χ2n) is 5.67. The van der Waals surface area contributed by atoms with Crippen LogP contribution in [0.15, 0.2) is 34.9 Å². The van der Waals surface area contributed by atoms with E-state index in [1.807, 2.05) is 38.1 Å². The number of nitrogens with zero attached hydrogens (tertiary/aromatic N) is 1. The Morgan fingerprint density at radius 3 is 2.62 bits per heavy atom. The van der Waals surface area contributed by atoms with Crippen molar-refractivity contribution in [1.29, 1.82) is 0 Å². The van der Waals surface area contributed by atoms with E-state index in [0.29, 0.717) is 24.6 Å². The van der Waals surface area contributed by atoms with E-state index in [4.69, 9.17) is 4.42 Å². The summed E-state index contributed by atoms with van der Waals surface area (Å²) in [5.41, 5.74) is 2.13. The molecule has 0 aliphatic carbocycles. The average Bonchev–Trinajstić information content (AvgIpc) is 3.03. The van der Waals surface area contributed by atoms with E-state index >= 15 is 0 Å². The van der Waals surface area contributed by atoms with Gasteiger partial charge in [0.1, 0.15) is 6.04 Å². The highest BCUT2D eigenvalue weighted by Gasteiger charge is 2.15. The zero-order chi connectivity index (χ0) is 17.5. The predicted molar refractivity (Wildman–Crippen MR) is 91.3 cm³/mol. The first-order valence-electron chi connectivity index (χ1n) is 8.08. The molecule has 0 spiro atoms. The number of nitrogens with one attached hydrogen (secondary N) is 2. The normalized spacial score (nSPS) is 11.8. The molecule has 1 heterocycles. The molecule has 0 aliphatic rings. The van der Waals surface area contributed by atoms with Gasteiger partial charge in [0.25, 0.3) is 0 Å². The van der Waals surface area contributed by atoms with Crippen LogP contribution in [0.1, 0.15) is 31.7 Å². The van der Waals surface area contributed by atoms with Gasteiger partial charge in [-0.15, -0.1) is 0 Å². The van der Waals surface area contributed by atoms with Gasteiger partial charge < -0.3 is 15.1 Å². The lowest BCUT2D eigenvalue weighted by molar-refractivity contribution is -0.128. The molecule has 0 saturated heterocycles. The summed E-state index contributed by atoms with van der Waals surface area (Å²) in [5, 5.41) is 5.32. The largest absolute Gasteiger partial charge is 0.441 e. The van der Waals surface area contributed by atoms with Crippen molar-refractivity contribution in [2.24, 2.45) is 0 Å². The zero-order valence-electron chi connectivity index (χ0n) is 14.3. The molecular formula is C18H23N3O3. The zero-order valence-corrected chi connectivity index (χ0v) is 14.3. The van der Waals surface area contributed by atoms with Gasteiger partial charge in [-0.1, -0.05) is 29.8 Å². The van der Waals surface area contributed by atoms with E-state index in [0.717, 1.165) is 5.56 Å². The van der Waals surface area contributed by atoms with Crippen LogP contribution in [0.3, 0.4) is 0 Å². The molecule has 128 valence electrons. The Balaban J connectivity index is 1.85. The number of rotatable bonds is 7. The molecule has 2 N–H and O–H groups in total. The van der Waals surface area contributed by atoms with Gasteiger partial charge in [0.2, 0.25) is 11.8 Å². The van der Waals surface area contributed by atoms with E-state index in [1.54, 1.807) is 13.1 Å². The summed E-state index contributed by atoms with van der Waals surface area (Å²) in [6, 6.07) is 7.41. The first kappa shape index (κ1) is 17.7. The molecule has 2 rings (SSSR count). The summed E-state index contributed by atoms with van der Waals surface area (Å²) in [7, 11) is 0. The Morgan fingerprint density at radius 2 is 1.96 bits per heavy atom. The SMILES string of the molecule is CCNC(=O)[C@H](C)NC(=O)CCc1ncc(-c2ccc(C)cc2)o1. The fraction of sp³-hybridized carbons (Fsp3) is 0.389. The number of carbonyl (C=O) groups excluding carboxylic acids is 2. The molecule has 0 saturated carbocycles. The van der Waals surface area contributed by atoms with Gasteiger partial charge >= 0.3 is 0 Å². The highest BCUT2D eigenvalue weighted by molar-refractivity contribution is 5.87. The van der Waals surface area contributed by atoms with Crippen molar-refractivity contribution in [2.75, 3.05) is 6.54 Å². The third-order valence-electron chi connectivity index (χ3n) is 3.58. The van der Waals surface area contributed by atoms with Gasteiger partial charge in [-0.2, -0.15) is 0 Å². The van der Waals surface area contributed by atoms with E-state index in [1.165, 1.54) is 5.56 Å². The lowest BCUT2D eigenvalue weighted by Crippen LogP contribution is -2.44. The van der Waals surface area contributed by atoms with Gasteiger partial charge in [0.15, 0.2) is 11.7 Å². The molecule has 1 aromatic heterocycles. The van der Waals surface area contributed by atoms with Crippen LogP contribution in [0.2, 0.25) is 0 Å². The highest BCUT2D eigenvalue weighted by Crippen LogP contribution is 2.21. The molecular weight excluding hydrogens is 306 g/mol. The molecule has 0 radical (unpaired) electrons. The number of hydrogen-bond donors (Lipinski definition) is 2. The number of aromatic nitrogens is 1. The van der Waals surface area contributed by atoms with E-state index < -0.39 is 6.04 Å². The standard InChI is InChI=1S/C18H23N3O3/c1-4-19-18(23)13(3)21-16(22)9-10-17-20-11-15(24-17)14-7-5-12(2)6-8-14/h5-8,11,13H,4,9-10H2,1-3H3,(H,19,23)(H,21,22)/t13-/m0/s1. The summed E-state index contributed by atoms with van der Waals surface area (Å²) in [5.74, 6) is 0.792. The maximum Gasteiger partial charge on any atom is 0.242 e. The van der Waals surface area contributed by atoms with Crippen molar-refractivity contribution in [1.82, 2.24) is 15.6 Å². The van der Waals surface area contributed by atoms with Gasteiger partial charge in [0, 0.05) is 24.9 Å². The Morgan fingerprint density at radius 1 is 1.25 bits per heavy atom. The highest BCUT2D eigenvalue weighted by atomic mass is 16.4. The van der Waals surface area contributed by atoms with Crippen LogP contribution < -0.4 is 10.6 Å². The minimum Gasteiger partial charge on any atom is -0.441 e. The molecule has 24 heavy (non-hydrogen) atoms. The quantitative estimate of drug-likeness (QED) is 0.816. The third-order valence-corrected chi connectivity index (χ3v) is 3.58. The number of likely N-dealkylation sites (N-methyl/N-ethyl adjacent to an activating group) is 1. The lowest BCUT2D eigenvalue weighted by atomic mass is 10.1. The second-order valence-corrected chi connectivity index (χ2v) is 5.67. The van der Waals surface area contributed by atoms with Crippen LogP contribution in [-0.2, 0) is 16.0 Å². The van der Waals surface area contributed by atoms with Gasteiger partial charge in [-0.05, 0) is 20.8 Å². The van der Waals surface area contributed by atoms with E-state index in [-0.39, 0.29) is 18.2 Å². The summed E-state index contributed by atoms with van der Waals surface area (Å²) in [6.45, 7) is 6.05. The van der Waals surface area contributed by atoms with Crippen molar-refractivity contribution >= 4 is 11.8 Å². The number of benzene rings is 1. The number of hydrogen-bond acceptors (Lipinski definition) is 4. The van der Waals surface area contributed by atoms with Gasteiger partial charge in [0.05, 0.1) is 6.20 Å². The fourth-order valence-electron chi connectivity index (χ4n) is 2.20. The number of aryl methyl sites for hydroxylation is 2. The molecule has 0 unspecified atom stereocenters. The molecule has 1 atom stereocenters. The Bertz CT molecular complexity index is 692. The Labute approximate surface area is 141 Å². The number of amides is 2. The Kier molecular flexibility index (Phi) is 6.12. The van der Waals surface area contributed by atoms with Crippen LogP contribution >= 0.6 is 0 Å². The van der Waals surface area contributed by atoms with Crippen LogP contribution in [0.4, 0.5) is 0 Å². The summed E-state index contributed by atoms with van der Waals surface area (Å²) in [6.07, 6.45) is 2.27. The molecule has 2 aromatic rings. The Hall–Kier alpha value is -2.63. The number of oxazole rings is 1. The maximum absolute atomic E-state index is 11.9. The van der Waals surface area contributed by atoms with Crippen molar-refractivity contribution in [3.63, 3.8) is 0 Å². The molecule has 0 bridgehead atoms. The van der Waals surface area contributed by atoms with Crippen LogP contribution in [0.25, 0.3) is 11.3 Å². The minimum absolute atomic E-state index is 0.191. The molecule has 1 aromatic carbocycles. The summed E-state index contributed by atoms with van der Waals surface area (Å²) >= 11 is 0. The monoisotopic (exact) mass is 329 g/mol. The molecule has 6 heteroatoms. The van der Waals surface area contributed by atoms with Crippen molar-refractivity contribution in [3.8, 4) is 11.3 Å². The molecule has 2 amide bonds. The van der Waals surface area contributed by atoms with Gasteiger partial charge in [-0.25, -0.2) is 4.98 Å². The van der Waals surface area contributed by atoms with Crippen molar-refractivity contribution in [2.45, 2.75) is 39.7 Å². The van der Waals surface area contributed by atoms with Gasteiger partial charge in [-0.3, -0.25) is 9.59 Å². The molecule has 6 nitrogen and oxygen atoms in total. The van der Waals surface area contributed by atoms with E-state index in [9.17, 15) is 9.59 Å². The summed E-state index contributed by atoms with van der Waals surface area (Å²) in [4.78, 5) is 27.7. The maximum atomic E-state index is 11.9. The minimum atomic E-state index is -0.551.